The van der Waals surface area contributed by atoms with Crippen LogP contribution in [0.4, 0.5) is 16.5 Å². The first-order valence-corrected chi connectivity index (χ1v) is 11.2. The molecule has 0 aliphatic carbocycles. The number of thiophene rings is 1. The minimum Gasteiger partial charge on any atom is -0.323 e. The van der Waals surface area contributed by atoms with Gasteiger partial charge in [0.15, 0.2) is 0 Å². The van der Waals surface area contributed by atoms with Crippen LogP contribution in [0.2, 0.25) is 0 Å². The third-order valence-corrected chi connectivity index (χ3v) is 6.05. The molecule has 9 nitrogen and oxygen atoms in total. The predicted molar refractivity (Wildman–Crippen MR) is 128 cm³/mol. The minimum absolute atomic E-state index is 0.0186. The summed E-state index contributed by atoms with van der Waals surface area (Å²) in [6.07, 6.45) is 3.18. The van der Waals surface area contributed by atoms with E-state index >= 15 is 0 Å². The number of nitrogens with one attached hydrogen (secondary N) is 2. The molecule has 0 saturated heterocycles. The van der Waals surface area contributed by atoms with Crippen molar-refractivity contribution in [3.8, 4) is 10.6 Å². The molecule has 0 atom stereocenters. The first-order chi connectivity index (χ1) is 16.0. The van der Waals surface area contributed by atoms with Gasteiger partial charge in [0.25, 0.3) is 11.6 Å². The van der Waals surface area contributed by atoms with Crippen LogP contribution in [0.1, 0.15) is 15.2 Å². The summed E-state index contributed by atoms with van der Waals surface area (Å²) in [7, 11) is 0. The summed E-state index contributed by atoms with van der Waals surface area (Å²) in [4.78, 5) is 35.8. The van der Waals surface area contributed by atoms with Crippen molar-refractivity contribution in [1.29, 1.82) is 0 Å². The average molecular weight is 478 g/mol. The van der Waals surface area contributed by atoms with Crippen LogP contribution in [0.5, 0.6) is 0 Å². The number of hydrogen-bond acceptors (Lipinski definition) is 8. The summed E-state index contributed by atoms with van der Waals surface area (Å²) in [5.74, 6) is -0.648. The normalized spacial score (nSPS) is 10.8. The Morgan fingerprint density at radius 3 is 2.39 bits per heavy atom. The highest BCUT2D eigenvalue weighted by Crippen LogP contribution is 2.28. The lowest BCUT2D eigenvalue weighted by Crippen LogP contribution is -2.12. The van der Waals surface area contributed by atoms with Crippen molar-refractivity contribution in [2.24, 2.45) is 0 Å². The maximum atomic E-state index is 12.5. The number of carbonyl (C=O) groups is 2. The van der Waals surface area contributed by atoms with E-state index in [2.05, 4.69) is 20.8 Å². The highest BCUT2D eigenvalue weighted by molar-refractivity contribution is 7.18. The highest BCUT2D eigenvalue weighted by Gasteiger charge is 2.13. The van der Waals surface area contributed by atoms with Crippen molar-refractivity contribution in [2.75, 3.05) is 10.6 Å². The number of nitro benzene ring substituents is 1. The van der Waals surface area contributed by atoms with Gasteiger partial charge in [-0.3, -0.25) is 25.0 Å². The van der Waals surface area contributed by atoms with E-state index in [0.29, 0.717) is 27.0 Å². The second-order valence-corrected chi connectivity index (χ2v) is 8.54. The van der Waals surface area contributed by atoms with Crippen molar-refractivity contribution in [3.63, 3.8) is 0 Å². The Kier molecular flexibility index (Phi) is 6.62. The van der Waals surface area contributed by atoms with Gasteiger partial charge < -0.3 is 5.32 Å². The molecule has 33 heavy (non-hydrogen) atoms. The van der Waals surface area contributed by atoms with Gasteiger partial charge >= 0.3 is 0 Å². The number of nitro groups is 1. The van der Waals surface area contributed by atoms with Crippen molar-refractivity contribution in [1.82, 2.24) is 10.2 Å². The molecular formula is C22H15N5O4S2. The molecule has 0 unspecified atom stereocenters. The number of benzene rings is 2. The van der Waals surface area contributed by atoms with E-state index in [-0.39, 0.29) is 17.5 Å². The molecule has 164 valence electrons. The van der Waals surface area contributed by atoms with Crippen molar-refractivity contribution in [2.45, 2.75) is 0 Å². The summed E-state index contributed by atoms with van der Waals surface area (Å²) in [5, 5.41) is 26.9. The zero-order valence-corrected chi connectivity index (χ0v) is 18.4. The van der Waals surface area contributed by atoms with E-state index < -0.39 is 4.92 Å². The summed E-state index contributed by atoms with van der Waals surface area (Å²) in [6, 6.07) is 16.2. The molecule has 0 spiro atoms. The van der Waals surface area contributed by atoms with Gasteiger partial charge in [0.05, 0.1) is 4.92 Å². The molecule has 0 saturated carbocycles. The van der Waals surface area contributed by atoms with E-state index in [0.717, 1.165) is 16.2 Å². The van der Waals surface area contributed by atoms with Gasteiger partial charge in [0, 0.05) is 39.9 Å². The van der Waals surface area contributed by atoms with Crippen LogP contribution >= 0.6 is 22.7 Å². The number of carbonyl (C=O) groups excluding carboxylic acids is 2. The number of anilines is 2. The topological polar surface area (TPSA) is 127 Å². The van der Waals surface area contributed by atoms with Crippen LogP contribution in [0.15, 0.2) is 72.1 Å². The van der Waals surface area contributed by atoms with Crippen LogP contribution in [0.25, 0.3) is 16.6 Å². The molecule has 0 fully saturated rings. The Balaban J connectivity index is 1.35. The van der Waals surface area contributed by atoms with Crippen LogP contribution in [-0.2, 0) is 4.79 Å². The van der Waals surface area contributed by atoms with Crippen LogP contribution < -0.4 is 10.6 Å². The second-order valence-electron chi connectivity index (χ2n) is 6.59. The zero-order chi connectivity index (χ0) is 23.2. The number of nitrogens with zero attached hydrogens (tertiary/aromatic N) is 3. The molecule has 0 radical (unpaired) electrons. The third-order valence-electron chi connectivity index (χ3n) is 4.33. The van der Waals surface area contributed by atoms with Crippen molar-refractivity contribution in [3.05, 3.63) is 92.7 Å². The van der Waals surface area contributed by atoms with E-state index in [4.69, 9.17) is 0 Å². The molecule has 0 aliphatic heterocycles. The number of hydrogen-bond donors (Lipinski definition) is 2. The lowest BCUT2D eigenvalue weighted by molar-refractivity contribution is -0.384. The molecule has 0 aliphatic rings. The summed E-state index contributed by atoms with van der Waals surface area (Å²) >= 11 is 2.69. The number of aromatic nitrogens is 2. The molecule has 2 aromatic carbocycles. The Labute approximate surface area is 195 Å². The molecule has 4 rings (SSSR count). The maximum Gasteiger partial charge on any atom is 0.269 e. The quantitative estimate of drug-likeness (QED) is 0.217. The predicted octanol–water partition coefficient (Wildman–Crippen LogP) is 5.08. The SMILES string of the molecule is O=C(/C=C/c1cccs1)Nc1ccc(C(=O)Nc2nnc(-c3ccc([N+](=O)[O-])cc3)s2)cc1. The molecule has 2 heterocycles. The number of non-ortho nitro benzene ring substituents is 1. The molecular weight excluding hydrogens is 462 g/mol. The van der Waals surface area contributed by atoms with E-state index in [1.807, 2.05) is 17.5 Å². The monoisotopic (exact) mass is 477 g/mol. The van der Waals surface area contributed by atoms with E-state index in [9.17, 15) is 19.7 Å². The molecule has 2 N–H and O–H groups in total. The lowest BCUT2D eigenvalue weighted by atomic mass is 10.2. The van der Waals surface area contributed by atoms with Crippen molar-refractivity contribution < 1.29 is 14.5 Å². The Morgan fingerprint density at radius 1 is 0.970 bits per heavy atom. The summed E-state index contributed by atoms with van der Waals surface area (Å²) in [5.41, 5.74) is 1.58. The minimum atomic E-state index is -0.478. The fraction of sp³-hybridized carbons (Fsp3) is 0. The average Bonchev–Trinajstić information content (AvgIpc) is 3.50. The van der Waals surface area contributed by atoms with Gasteiger partial charge in [0.1, 0.15) is 5.01 Å². The molecule has 2 amide bonds. The van der Waals surface area contributed by atoms with Crippen LogP contribution in [-0.4, -0.2) is 26.9 Å². The third kappa shape index (κ3) is 5.73. The summed E-state index contributed by atoms with van der Waals surface area (Å²) in [6.45, 7) is 0. The van der Waals surface area contributed by atoms with Crippen molar-refractivity contribution >= 4 is 57.1 Å². The Hall–Kier alpha value is -4.22. The van der Waals surface area contributed by atoms with Gasteiger partial charge in [-0.1, -0.05) is 17.4 Å². The fourth-order valence-corrected chi connectivity index (χ4v) is 4.08. The van der Waals surface area contributed by atoms with Gasteiger partial charge in [-0.25, -0.2) is 0 Å². The van der Waals surface area contributed by atoms with E-state index in [1.54, 1.807) is 42.5 Å². The molecule has 4 aromatic rings. The smallest absolute Gasteiger partial charge is 0.269 e. The summed E-state index contributed by atoms with van der Waals surface area (Å²) < 4.78 is 0. The molecule has 0 bridgehead atoms. The second kappa shape index (κ2) is 9.94. The molecule has 2 aromatic heterocycles. The lowest BCUT2D eigenvalue weighted by Gasteiger charge is -2.04. The van der Waals surface area contributed by atoms with E-state index in [1.165, 1.54) is 29.5 Å². The molecule has 11 heteroatoms. The first kappa shape index (κ1) is 22.0. The Bertz CT molecular complexity index is 1310. The highest BCUT2D eigenvalue weighted by atomic mass is 32.1. The standard InChI is InChI=1S/C22H15N5O4S2/c28-19(12-11-18-2-1-13-32-18)23-16-7-3-14(4-8-16)20(29)24-22-26-25-21(33-22)15-5-9-17(10-6-15)27(30)31/h1-13H,(H,23,28)(H,24,26,29)/b12-11+. The largest absolute Gasteiger partial charge is 0.323 e. The van der Waals surface area contributed by atoms with Crippen LogP contribution in [0.3, 0.4) is 0 Å². The fourth-order valence-electron chi connectivity index (χ4n) is 2.72. The van der Waals surface area contributed by atoms with Gasteiger partial charge in [-0.05, 0) is 53.9 Å². The number of amides is 2. The Morgan fingerprint density at radius 2 is 1.73 bits per heavy atom. The first-order valence-electron chi connectivity index (χ1n) is 9.50. The van der Waals surface area contributed by atoms with Gasteiger partial charge in [0.2, 0.25) is 11.0 Å². The van der Waals surface area contributed by atoms with Gasteiger partial charge in [-0.2, -0.15) is 0 Å². The number of rotatable bonds is 7. The zero-order valence-electron chi connectivity index (χ0n) is 16.8. The van der Waals surface area contributed by atoms with Crippen LogP contribution in [0, 0.1) is 10.1 Å². The van der Waals surface area contributed by atoms with Gasteiger partial charge in [-0.15, -0.1) is 21.5 Å². The maximum absolute atomic E-state index is 12.5.